The highest BCUT2D eigenvalue weighted by Gasteiger charge is 2.12. The van der Waals surface area contributed by atoms with Gasteiger partial charge in [0.05, 0.1) is 11.3 Å². The van der Waals surface area contributed by atoms with E-state index in [1.54, 1.807) is 6.07 Å². The first-order valence-electron chi connectivity index (χ1n) is 7.06. The normalized spacial score (nSPS) is 10.7. The highest BCUT2D eigenvalue weighted by atomic mass is 16.4. The lowest BCUT2D eigenvalue weighted by molar-refractivity contribution is 0.0696. The van der Waals surface area contributed by atoms with E-state index >= 15 is 0 Å². The van der Waals surface area contributed by atoms with Crippen LogP contribution in [0.1, 0.15) is 27.2 Å². The Morgan fingerprint density at radius 2 is 2.04 bits per heavy atom. The van der Waals surface area contributed by atoms with Crippen LogP contribution in [-0.2, 0) is 6.42 Å². The Morgan fingerprint density at radius 3 is 2.78 bits per heavy atom. The van der Waals surface area contributed by atoms with Crippen molar-refractivity contribution in [1.29, 1.82) is 0 Å². The molecule has 2 heterocycles. The first-order chi connectivity index (χ1) is 11.0. The van der Waals surface area contributed by atoms with Crippen LogP contribution in [0.25, 0.3) is 5.82 Å². The van der Waals surface area contributed by atoms with Crippen LogP contribution in [0, 0.1) is 6.92 Å². The number of aromatic hydroxyl groups is 1. The molecule has 0 aliphatic rings. The van der Waals surface area contributed by atoms with Gasteiger partial charge in [0, 0.05) is 18.7 Å². The molecule has 23 heavy (non-hydrogen) atoms. The topological polar surface area (TPSA) is 88.2 Å². The number of benzene rings is 1. The molecule has 0 amide bonds. The Labute approximate surface area is 132 Å². The summed E-state index contributed by atoms with van der Waals surface area (Å²) in [5.41, 5.74) is 3.00. The molecule has 0 aliphatic heterocycles. The van der Waals surface area contributed by atoms with E-state index < -0.39 is 5.97 Å². The van der Waals surface area contributed by atoms with Crippen LogP contribution in [0.2, 0.25) is 0 Å². The Hall–Kier alpha value is -3.15. The minimum absolute atomic E-state index is 0.0808. The summed E-state index contributed by atoms with van der Waals surface area (Å²) in [4.78, 5) is 15.1. The lowest BCUT2D eigenvalue weighted by Crippen LogP contribution is -2.04. The van der Waals surface area contributed by atoms with Crippen molar-refractivity contribution < 1.29 is 15.0 Å². The van der Waals surface area contributed by atoms with Crippen molar-refractivity contribution in [1.82, 2.24) is 14.8 Å². The number of aromatic nitrogens is 3. The molecule has 0 bridgehead atoms. The molecule has 2 aromatic heterocycles. The number of hydrogen-bond donors (Lipinski definition) is 2. The van der Waals surface area contributed by atoms with Gasteiger partial charge in [0.25, 0.3) is 0 Å². The molecule has 3 rings (SSSR count). The zero-order valence-corrected chi connectivity index (χ0v) is 12.5. The zero-order valence-electron chi connectivity index (χ0n) is 12.5. The molecule has 1 aromatic carbocycles. The zero-order chi connectivity index (χ0) is 16.4. The van der Waals surface area contributed by atoms with E-state index in [0.29, 0.717) is 12.1 Å². The van der Waals surface area contributed by atoms with Crippen LogP contribution in [0.5, 0.6) is 5.88 Å². The maximum absolute atomic E-state index is 11.0. The summed E-state index contributed by atoms with van der Waals surface area (Å²) >= 11 is 0. The van der Waals surface area contributed by atoms with E-state index in [1.807, 2.05) is 25.1 Å². The molecule has 0 atom stereocenters. The Kier molecular flexibility index (Phi) is 3.80. The predicted molar refractivity (Wildman–Crippen MR) is 84.0 cm³/mol. The maximum Gasteiger partial charge on any atom is 0.335 e. The second kappa shape index (κ2) is 5.92. The Balaban J connectivity index is 1.92. The van der Waals surface area contributed by atoms with Gasteiger partial charge in [-0.1, -0.05) is 29.8 Å². The van der Waals surface area contributed by atoms with Crippen molar-refractivity contribution in [3.63, 3.8) is 0 Å². The maximum atomic E-state index is 11.0. The molecule has 0 aliphatic carbocycles. The number of aromatic carboxylic acids is 1. The van der Waals surface area contributed by atoms with Crippen molar-refractivity contribution in [2.24, 2.45) is 0 Å². The van der Waals surface area contributed by atoms with Gasteiger partial charge in [0.15, 0.2) is 5.82 Å². The Bertz CT molecular complexity index is 871. The van der Waals surface area contributed by atoms with E-state index in [2.05, 4.69) is 16.1 Å². The standard InChI is InChI=1S/C17H15N3O3/c1-11-3-2-4-12(7-11)8-14-10-16(21)20(19-14)15-9-13(17(22)23)5-6-18-15/h2-7,9-10,21H,8H2,1H3,(H,22,23). The third-order valence-corrected chi connectivity index (χ3v) is 3.42. The third-order valence-electron chi connectivity index (χ3n) is 3.42. The van der Waals surface area contributed by atoms with Crippen molar-refractivity contribution in [2.45, 2.75) is 13.3 Å². The van der Waals surface area contributed by atoms with E-state index in [9.17, 15) is 9.90 Å². The number of carboxylic acids is 1. The van der Waals surface area contributed by atoms with Gasteiger partial charge in [-0.15, -0.1) is 0 Å². The summed E-state index contributed by atoms with van der Waals surface area (Å²) < 4.78 is 1.23. The first kappa shape index (κ1) is 14.8. The number of hydrogen-bond acceptors (Lipinski definition) is 4. The monoisotopic (exact) mass is 309 g/mol. The molecule has 0 unspecified atom stereocenters. The first-order valence-corrected chi connectivity index (χ1v) is 7.06. The van der Waals surface area contributed by atoms with Crippen LogP contribution in [-0.4, -0.2) is 30.9 Å². The quantitative estimate of drug-likeness (QED) is 0.773. The van der Waals surface area contributed by atoms with Crippen LogP contribution in [0.4, 0.5) is 0 Å². The van der Waals surface area contributed by atoms with Gasteiger partial charge < -0.3 is 10.2 Å². The molecule has 0 saturated carbocycles. The van der Waals surface area contributed by atoms with Crippen molar-refractivity contribution in [2.75, 3.05) is 0 Å². The number of carboxylic acid groups (broad SMARTS) is 1. The van der Waals surface area contributed by atoms with Crippen molar-refractivity contribution >= 4 is 5.97 Å². The fourth-order valence-corrected chi connectivity index (χ4v) is 2.37. The average Bonchev–Trinajstić information content (AvgIpc) is 2.88. The van der Waals surface area contributed by atoms with Gasteiger partial charge in [-0.3, -0.25) is 0 Å². The minimum atomic E-state index is -1.06. The van der Waals surface area contributed by atoms with Crippen LogP contribution in [0.15, 0.2) is 48.7 Å². The fraction of sp³-hybridized carbons (Fsp3) is 0.118. The minimum Gasteiger partial charge on any atom is -0.493 e. The van der Waals surface area contributed by atoms with Crippen molar-refractivity contribution in [3.8, 4) is 11.7 Å². The number of rotatable bonds is 4. The van der Waals surface area contributed by atoms with Crippen LogP contribution >= 0.6 is 0 Å². The summed E-state index contributed by atoms with van der Waals surface area (Å²) in [5.74, 6) is -0.874. The largest absolute Gasteiger partial charge is 0.493 e. The molecular weight excluding hydrogens is 294 g/mol. The van der Waals surface area contributed by atoms with Gasteiger partial charge in [-0.2, -0.15) is 9.78 Å². The summed E-state index contributed by atoms with van der Waals surface area (Å²) in [5, 5.41) is 23.4. The summed E-state index contributed by atoms with van der Waals surface area (Å²) in [6.45, 7) is 2.01. The SMILES string of the molecule is Cc1cccc(Cc2cc(O)n(-c3cc(C(=O)O)ccn3)n2)c1. The highest BCUT2D eigenvalue weighted by molar-refractivity contribution is 5.87. The molecule has 6 heteroatoms. The summed E-state index contributed by atoms with van der Waals surface area (Å²) in [6.07, 6.45) is 1.95. The number of carbonyl (C=O) groups is 1. The van der Waals surface area contributed by atoms with E-state index in [4.69, 9.17) is 5.11 Å². The second-order valence-corrected chi connectivity index (χ2v) is 5.28. The van der Waals surface area contributed by atoms with Crippen LogP contribution in [0.3, 0.4) is 0 Å². The third kappa shape index (κ3) is 3.21. The second-order valence-electron chi connectivity index (χ2n) is 5.28. The number of nitrogens with zero attached hydrogens (tertiary/aromatic N) is 3. The van der Waals surface area contributed by atoms with Gasteiger partial charge in [0.2, 0.25) is 5.88 Å². The summed E-state index contributed by atoms with van der Waals surface area (Å²) in [6, 6.07) is 12.3. The number of pyridine rings is 1. The highest BCUT2D eigenvalue weighted by Crippen LogP contribution is 2.19. The van der Waals surface area contributed by atoms with E-state index in [-0.39, 0.29) is 17.3 Å². The lowest BCUT2D eigenvalue weighted by atomic mass is 10.1. The van der Waals surface area contributed by atoms with E-state index in [0.717, 1.165) is 11.1 Å². The Morgan fingerprint density at radius 1 is 1.22 bits per heavy atom. The molecule has 0 saturated heterocycles. The number of aryl methyl sites for hydroxylation is 1. The van der Waals surface area contributed by atoms with Gasteiger partial charge in [0.1, 0.15) is 0 Å². The fourth-order valence-electron chi connectivity index (χ4n) is 2.37. The molecule has 0 fully saturated rings. The van der Waals surface area contributed by atoms with E-state index in [1.165, 1.54) is 23.0 Å². The van der Waals surface area contributed by atoms with Gasteiger partial charge >= 0.3 is 5.97 Å². The summed E-state index contributed by atoms with van der Waals surface area (Å²) in [7, 11) is 0. The molecule has 0 radical (unpaired) electrons. The van der Waals surface area contributed by atoms with Gasteiger partial charge in [-0.05, 0) is 24.6 Å². The van der Waals surface area contributed by atoms with Crippen molar-refractivity contribution in [3.05, 3.63) is 71.0 Å². The molecule has 3 aromatic rings. The van der Waals surface area contributed by atoms with Crippen LogP contribution < -0.4 is 0 Å². The molecule has 116 valence electrons. The smallest absolute Gasteiger partial charge is 0.335 e. The van der Waals surface area contributed by atoms with Gasteiger partial charge in [-0.25, -0.2) is 9.78 Å². The molecule has 0 spiro atoms. The predicted octanol–water partition coefficient (Wildman–Crippen LogP) is 2.57. The lowest BCUT2D eigenvalue weighted by Gasteiger charge is -2.03. The average molecular weight is 309 g/mol. The molecule has 6 nitrogen and oxygen atoms in total. The molecular formula is C17H15N3O3. The molecule has 2 N–H and O–H groups in total.